The number of para-hydroxylation sites is 8. The minimum Gasteiger partial charge on any atom is -0.453 e. The van der Waals surface area contributed by atoms with Gasteiger partial charge >= 0.3 is 0 Å². The Morgan fingerprint density at radius 3 is 1.50 bits per heavy atom. The van der Waals surface area contributed by atoms with Crippen LogP contribution in [0.3, 0.4) is 0 Å². The average molecular weight is 777 g/mol. The molecule has 0 radical (unpaired) electrons. The molecule has 0 saturated heterocycles. The van der Waals surface area contributed by atoms with Crippen molar-refractivity contribution in [1.82, 2.24) is 4.98 Å². The zero-order chi connectivity index (χ0) is 39.6. The summed E-state index contributed by atoms with van der Waals surface area (Å²) in [7, 11) is 0. The highest BCUT2D eigenvalue weighted by Gasteiger charge is 2.29. The van der Waals surface area contributed by atoms with Gasteiger partial charge in [-0.05, 0) is 121 Å². The normalized spacial score (nSPS) is 15.0. The summed E-state index contributed by atoms with van der Waals surface area (Å²) in [5.74, 6) is 3.99. The van der Waals surface area contributed by atoms with E-state index in [4.69, 9.17) is 23.9 Å². The van der Waals surface area contributed by atoms with E-state index in [1.54, 1.807) is 0 Å². The number of rotatable bonds is 5. The standard InChI is InChI=1S/C53H36N4O3/c1-2-12-34(13-3-1)40-31-26-37-32-42-51(60-53(55-42)36-24-29-39(30-25-36)57-45-16-6-10-20-49(45)59-50-21-11-7-17-46(50)57)33-41(37)54-52(40)35-22-27-38(28-23-35)56-43-14-4-8-18-47(43)58-48-19-9-5-15-44(48)56/h1-25,27-30,32-33,40H,26,31H2. The van der Waals surface area contributed by atoms with Gasteiger partial charge in [0.2, 0.25) is 5.89 Å². The summed E-state index contributed by atoms with van der Waals surface area (Å²) in [5, 5.41) is 0. The molecule has 0 bridgehead atoms. The molecule has 7 heteroatoms. The number of ether oxygens (including phenoxy) is 2. The molecule has 0 spiro atoms. The number of hydrogen-bond acceptors (Lipinski definition) is 7. The zero-order valence-corrected chi connectivity index (χ0v) is 32.4. The lowest BCUT2D eigenvalue weighted by atomic mass is 9.86. The maximum Gasteiger partial charge on any atom is 0.227 e. The fourth-order valence-corrected chi connectivity index (χ4v) is 8.85. The van der Waals surface area contributed by atoms with Crippen LogP contribution in [-0.4, -0.2) is 10.7 Å². The number of anilines is 6. The molecule has 286 valence electrons. The summed E-state index contributed by atoms with van der Waals surface area (Å²) in [6.45, 7) is 0. The number of fused-ring (bicyclic) bond motifs is 6. The summed E-state index contributed by atoms with van der Waals surface area (Å²) in [6, 6.07) is 64.7. The van der Waals surface area contributed by atoms with E-state index >= 15 is 0 Å². The number of aryl methyl sites for hydroxylation is 1. The minimum atomic E-state index is 0.105. The highest BCUT2D eigenvalue weighted by atomic mass is 16.5. The first-order valence-corrected chi connectivity index (χ1v) is 20.3. The maximum atomic E-state index is 6.52. The van der Waals surface area contributed by atoms with Crippen molar-refractivity contribution in [3.05, 3.63) is 205 Å². The zero-order valence-electron chi connectivity index (χ0n) is 32.4. The van der Waals surface area contributed by atoms with Crippen LogP contribution in [0.15, 0.2) is 197 Å². The van der Waals surface area contributed by atoms with Crippen LogP contribution < -0.4 is 19.3 Å². The van der Waals surface area contributed by atoms with Gasteiger partial charge in [-0.3, -0.25) is 4.99 Å². The van der Waals surface area contributed by atoms with Gasteiger partial charge in [-0.1, -0.05) is 91.0 Å². The SMILES string of the molecule is c1ccc(C2CCc3cc4nc(-c5ccc(N6c7ccccc7Oc7ccccc76)cc5)oc4cc3N=C2c2ccc(N3c4ccccc4Oc4ccccc43)cc2)cc1. The van der Waals surface area contributed by atoms with E-state index in [1.165, 1.54) is 5.56 Å². The Kier molecular flexibility index (Phi) is 7.91. The molecule has 8 aromatic carbocycles. The molecule has 0 fully saturated rings. The van der Waals surface area contributed by atoms with E-state index in [0.29, 0.717) is 11.5 Å². The highest BCUT2D eigenvalue weighted by Crippen LogP contribution is 2.52. The Labute approximate surface area is 347 Å². The third kappa shape index (κ3) is 5.74. The van der Waals surface area contributed by atoms with Gasteiger partial charge in [-0.15, -0.1) is 0 Å². The lowest BCUT2D eigenvalue weighted by Crippen LogP contribution is -2.17. The van der Waals surface area contributed by atoms with Crippen molar-refractivity contribution in [3.8, 4) is 34.5 Å². The first-order chi connectivity index (χ1) is 29.7. The Bertz CT molecular complexity index is 3030. The summed E-state index contributed by atoms with van der Waals surface area (Å²) in [6.07, 6.45) is 1.77. The molecule has 1 unspecified atom stereocenters. The van der Waals surface area contributed by atoms with Crippen LogP contribution in [0.2, 0.25) is 0 Å². The predicted octanol–water partition coefficient (Wildman–Crippen LogP) is 14.5. The van der Waals surface area contributed by atoms with Crippen LogP contribution in [0.4, 0.5) is 39.8 Å². The summed E-state index contributed by atoms with van der Waals surface area (Å²) in [5.41, 5.74) is 14.0. The number of aliphatic imine (C=N–C) groups is 1. The van der Waals surface area contributed by atoms with Crippen LogP contribution in [0.5, 0.6) is 23.0 Å². The molecule has 0 aliphatic carbocycles. The molecular weight excluding hydrogens is 741 g/mol. The fourth-order valence-electron chi connectivity index (χ4n) is 8.85. The Morgan fingerprint density at radius 2 is 0.967 bits per heavy atom. The molecule has 0 saturated carbocycles. The summed E-state index contributed by atoms with van der Waals surface area (Å²) < 4.78 is 19.0. The monoisotopic (exact) mass is 776 g/mol. The van der Waals surface area contributed by atoms with Crippen LogP contribution in [-0.2, 0) is 6.42 Å². The highest BCUT2D eigenvalue weighted by molar-refractivity contribution is 6.07. The van der Waals surface area contributed by atoms with E-state index in [-0.39, 0.29) is 5.92 Å². The van der Waals surface area contributed by atoms with Crippen LogP contribution in [0, 0.1) is 0 Å². The summed E-state index contributed by atoms with van der Waals surface area (Å²) >= 11 is 0. The smallest absolute Gasteiger partial charge is 0.227 e. The maximum absolute atomic E-state index is 6.52. The molecule has 12 rings (SSSR count). The number of nitrogens with zero attached hydrogens (tertiary/aromatic N) is 4. The second kappa shape index (κ2) is 13.9. The van der Waals surface area contributed by atoms with Crippen molar-refractivity contribution < 1.29 is 13.9 Å². The topological polar surface area (TPSA) is 63.3 Å². The average Bonchev–Trinajstić information content (AvgIpc) is 3.63. The van der Waals surface area contributed by atoms with Gasteiger partial charge in [0.15, 0.2) is 28.6 Å². The van der Waals surface area contributed by atoms with Crippen molar-refractivity contribution in [2.24, 2.45) is 4.99 Å². The number of oxazole rings is 1. The second-order valence-electron chi connectivity index (χ2n) is 15.3. The van der Waals surface area contributed by atoms with E-state index in [9.17, 15) is 0 Å². The molecule has 9 aromatic rings. The van der Waals surface area contributed by atoms with Crippen molar-refractivity contribution in [1.29, 1.82) is 0 Å². The quantitative estimate of drug-likeness (QED) is 0.173. The van der Waals surface area contributed by atoms with Gasteiger partial charge in [0.25, 0.3) is 0 Å². The van der Waals surface area contributed by atoms with E-state index in [2.05, 4.69) is 137 Å². The Balaban J connectivity index is 0.900. The number of hydrogen-bond donors (Lipinski definition) is 0. The van der Waals surface area contributed by atoms with E-state index < -0.39 is 0 Å². The largest absolute Gasteiger partial charge is 0.453 e. The Morgan fingerprint density at radius 1 is 0.483 bits per heavy atom. The third-order valence-electron chi connectivity index (χ3n) is 11.7. The van der Waals surface area contributed by atoms with Crippen molar-refractivity contribution >= 4 is 56.6 Å². The van der Waals surface area contributed by atoms with Crippen LogP contribution >= 0.6 is 0 Å². The summed E-state index contributed by atoms with van der Waals surface area (Å²) in [4.78, 5) is 15.0. The van der Waals surface area contributed by atoms with E-state index in [0.717, 1.165) is 104 Å². The molecule has 3 aliphatic rings. The lowest BCUT2D eigenvalue weighted by Gasteiger charge is -2.32. The van der Waals surface area contributed by atoms with Crippen LogP contribution in [0.1, 0.15) is 29.0 Å². The molecule has 4 heterocycles. The molecule has 1 aromatic heterocycles. The molecule has 1 atom stereocenters. The molecule has 0 amide bonds. The van der Waals surface area contributed by atoms with Gasteiger partial charge in [-0.25, -0.2) is 4.98 Å². The van der Waals surface area contributed by atoms with Gasteiger partial charge in [0.05, 0.1) is 34.1 Å². The number of aromatic nitrogens is 1. The first kappa shape index (κ1) is 34.2. The number of benzene rings is 8. The van der Waals surface area contributed by atoms with Gasteiger partial charge in [-0.2, -0.15) is 0 Å². The van der Waals surface area contributed by atoms with E-state index in [1.807, 2.05) is 60.7 Å². The molecule has 60 heavy (non-hydrogen) atoms. The van der Waals surface area contributed by atoms with Gasteiger partial charge < -0.3 is 23.7 Å². The van der Waals surface area contributed by atoms with Crippen molar-refractivity contribution in [2.45, 2.75) is 18.8 Å². The molecule has 3 aliphatic heterocycles. The predicted molar refractivity (Wildman–Crippen MR) is 239 cm³/mol. The van der Waals surface area contributed by atoms with Crippen molar-refractivity contribution in [2.75, 3.05) is 9.80 Å². The molecular formula is C53H36N4O3. The van der Waals surface area contributed by atoms with Crippen molar-refractivity contribution in [3.63, 3.8) is 0 Å². The third-order valence-corrected chi connectivity index (χ3v) is 11.7. The molecule has 0 N–H and O–H groups in total. The fraction of sp³-hybridized carbons (Fsp3) is 0.0566. The lowest BCUT2D eigenvalue weighted by molar-refractivity contribution is 0.477. The van der Waals surface area contributed by atoms with Crippen LogP contribution in [0.25, 0.3) is 22.6 Å². The second-order valence-corrected chi connectivity index (χ2v) is 15.3. The Hall–Kier alpha value is -7.90. The minimum absolute atomic E-state index is 0.105. The molecule has 7 nitrogen and oxygen atoms in total. The van der Waals surface area contributed by atoms with Gasteiger partial charge in [0, 0.05) is 28.9 Å². The first-order valence-electron chi connectivity index (χ1n) is 20.3. The van der Waals surface area contributed by atoms with Gasteiger partial charge in [0.1, 0.15) is 5.52 Å².